The van der Waals surface area contributed by atoms with Gasteiger partial charge in [0.2, 0.25) is 5.91 Å². The molecule has 1 unspecified atom stereocenters. The predicted octanol–water partition coefficient (Wildman–Crippen LogP) is 2.92. The van der Waals surface area contributed by atoms with Gasteiger partial charge in [0.15, 0.2) is 5.75 Å². The third-order valence-corrected chi connectivity index (χ3v) is 3.35. The summed E-state index contributed by atoms with van der Waals surface area (Å²) < 4.78 is 0.548. The van der Waals surface area contributed by atoms with Crippen LogP contribution in [0.3, 0.4) is 0 Å². The molecule has 0 bridgehead atoms. The number of phenolic OH excluding ortho intramolecular Hbond substituents is 1. The molecule has 18 heavy (non-hydrogen) atoms. The lowest BCUT2D eigenvalue weighted by atomic mass is 9.96. The summed E-state index contributed by atoms with van der Waals surface area (Å²) in [5, 5.41) is 12.5. The van der Waals surface area contributed by atoms with Crippen molar-refractivity contribution in [3.05, 3.63) is 22.2 Å². The number of nitrogens with two attached hydrogens (primary N) is 1. The van der Waals surface area contributed by atoms with Gasteiger partial charge < -0.3 is 16.2 Å². The van der Waals surface area contributed by atoms with Crippen molar-refractivity contribution in [3.63, 3.8) is 0 Å². The normalized spacial score (nSPS) is 14.1. The number of nitrogens with one attached hydrogen (secondary N) is 1. The Bertz CT molecular complexity index is 459. The molecule has 1 rings (SSSR count). The summed E-state index contributed by atoms with van der Waals surface area (Å²) in [6.45, 7) is 5.54. The van der Waals surface area contributed by atoms with E-state index < -0.39 is 5.54 Å². The quantitative estimate of drug-likeness (QED) is 0.748. The van der Waals surface area contributed by atoms with Gasteiger partial charge in [0.05, 0.1) is 15.7 Å². The van der Waals surface area contributed by atoms with E-state index in [1.54, 1.807) is 19.1 Å². The highest BCUT2D eigenvalue weighted by Gasteiger charge is 2.28. The Morgan fingerprint density at radius 3 is 2.72 bits per heavy atom. The molecule has 0 aliphatic carbocycles. The molecule has 0 saturated carbocycles. The van der Waals surface area contributed by atoms with Gasteiger partial charge in [-0.3, -0.25) is 4.79 Å². The standard InChI is InChI=1S/C13H19BrN2O2/c1-4-5-13(3,15)12(18)16-10-7-8(2)6-9(14)11(10)17/h6-7,17H,4-5,15H2,1-3H3,(H,16,18). The third kappa shape index (κ3) is 3.46. The van der Waals surface area contributed by atoms with Crippen molar-refractivity contribution in [1.82, 2.24) is 0 Å². The number of hydrogen-bond donors (Lipinski definition) is 3. The maximum atomic E-state index is 12.0. The molecule has 0 fully saturated rings. The fourth-order valence-corrected chi connectivity index (χ4v) is 2.30. The first kappa shape index (κ1) is 15.0. The Kier molecular flexibility index (Phi) is 4.76. The van der Waals surface area contributed by atoms with E-state index in [9.17, 15) is 9.90 Å². The number of amides is 1. The van der Waals surface area contributed by atoms with Crippen molar-refractivity contribution in [2.24, 2.45) is 5.73 Å². The summed E-state index contributed by atoms with van der Waals surface area (Å²) in [6, 6.07) is 3.48. The molecule has 1 atom stereocenters. The molecule has 0 radical (unpaired) electrons. The highest BCUT2D eigenvalue weighted by atomic mass is 79.9. The molecule has 1 aromatic carbocycles. The van der Waals surface area contributed by atoms with Crippen LogP contribution in [0.2, 0.25) is 0 Å². The third-order valence-electron chi connectivity index (χ3n) is 2.74. The number of carbonyl (C=O) groups is 1. The Morgan fingerprint density at radius 2 is 2.17 bits per heavy atom. The van der Waals surface area contributed by atoms with Crippen LogP contribution in [0.5, 0.6) is 5.75 Å². The lowest BCUT2D eigenvalue weighted by Crippen LogP contribution is -2.48. The van der Waals surface area contributed by atoms with Crippen molar-refractivity contribution in [2.45, 2.75) is 39.2 Å². The summed E-state index contributed by atoms with van der Waals surface area (Å²) in [5.41, 5.74) is 6.32. The second-order valence-electron chi connectivity index (χ2n) is 4.76. The van der Waals surface area contributed by atoms with Gasteiger partial charge >= 0.3 is 0 Å². The van der Waals surface area contributed by atoms with E-state index >= 15 is 0 Å². The van der Waals surface area contributed by atoms with Gasteiger partial charge in [-0.15, -0.1) is 0 Å². The van der Waals surface area contributed by atoms with E-state index in [2.05, 4.69) is 21.2 Å². The average Bonchev–Trinajstić information content (AvgIpc) is 2.25. The largest absolute Gasteiger partial charge is 0.505 e. The van der Waals surface area contributed by atoms with E-state index in [0.717, 1.165) is 12.0 Å². The molecular formula is C13H19BrN2O2. The second kappa shape index (κ2) is 5.71. The van der Waals surface area contributed by atoms with Gasteiger partial charge in [-0.05, 0) is 53.9 Å². The number of halogens is 1. The summed E-state index contributed by atoms with van der Waals surface area (Å²) >= 11 is 3.24. The summed E-state index contributed by atoms with van der Waals surface area (Å²) in [4.78, 5) is 12.0. The zero-order valence-electron chi connectivity index (χ0n) is 10.9. The summed E-state index contributed by atoms with van der Waals surface area (Å²) in [7, 11) is 0. The van der Waals surface area contributed by atoms with Gasteiger partial charge in [0.1, 0.15) is 0 Å². The van der Waals surface area contributed by atoms with Crippen LogP contribution in [0.4, 0.5) is 5.69 Å². The predicted molar refractivity (Wildman–Crippen MR) is 76.7 cm³/mol. The average molecular weight is 315 g/mol. The van der Waals surface area contributed by atoms with Crippen molar-refractivity contribution < 1.29 is 9.90 Å². The smallest absolute Gasteiger partial charge is 0.244 e. The number of hydrogen-bond acceptors (Lipinski definition) is 3. The summed E-state index contributed by atoms with van der Waals surface area (Å²) in [5.74, 6) is -0.279. The van der Waals surface area contributed by atoms with Crippen LogP contribution in [0, 0.1) is 6.92 Å². The zero-order chi connectivity index (χ0) is 13.9. The zero-order valence-corrected chi connectivity index (χ0v) is 12.5. The van der Waals surface area contributed by atoms with E-state index in [-0.39, 0.29) is 11.7 Å². The number of aromatic hydroxyl groups is 1. The number of aryl methyl sites for hydroxylation is 1. The van der Waals surface area contributed by atoms with Crippen LogP contribution < -0.4 is 11.1 Å². The molecule has 5 heteroatoms. The van der Waals surface area contributed by atoms with Gasteiger partial charge in [-0.1, -0.05) is 13.3 Å². The molecule has 0 aliphatic rings. The maximum absolute atomic E-state index is 12.0. The van der Waals surface area contributed by atoms with Gasteiger partial charge in [0, 0.05) is 0 Å². The molecular weight excluding hydrogens is 296 g/mol. The first-order valence-corrected chi connectivity index (χ1v) is 6.66. The molecule has 0 aromatic heterocycles. The number of phenols is 1. The first-order chi connectivity index (χ1) is 8.27. The first-order valence-electron chi connectivity index (χ1n) is 5.87. The number of anilines is 1. The molecule has 0 aliphatic heterocycles. The minimum Gasteiger partial charge on any atom is -0.505 e. The molecule has 100 valence electrons. The Hall–Kier alpha value is -1.07. The van der Waals surface area contributed by atoms with E-state index in [0.29, 0.717) is 16.6 Å². The Labute approximate surface area is 116 Å². The van der Waals surface area contributed by atoms with Crippen LogP contribution in [-0.2, 0) is 4.79 Å². The van der Waals surface area contributed by atoms with E-state index in [4.69, 9.17) is 5.73 Å². The van der Waals surface area contributed by atoms with Crippen LogP contribution in [0.1, 0.15) is 32.3 Å². The SMILES string of the molecule is CCCC(C)(N)C(=O)Nc1cc(C)cc(Br)c1O. The van der Waals surface area contributed by atoms with Gasteiger partial charge in [-0.25, -0.2) is 0 Å². The van der Waals surface area contributed by atoms with Crippen molar-refractivity contribution in [1.29, 1.82) is 0 Å². The lowest BCUT2D eigenvalue weighted by Gasteiger charge is -2.23. The van der Waals surface area contributed by atoms with Crippen molar-refractivity contribution in [3.8, 4) is 5.75 Å². The maximum Gasteiger partial charge on any atom is 0.244 e. The molecule has 1 aromatic rings. The monoisotopic (exact) mass is 314 g/mol. The Balaban J connectivity index is 2.95. The minimum atomic E-state index is -0.933. The van der Waals surface area contributed by atoms with Gasteiger partial charge in [0.25, 0.3) is 0 Å². The second-order valence-corrected chi connectivity index (χ2v) is 5.62. The molecule has 4 nitrogen and oxygen atoms in total. The number of carbonyl (C=O) groups excluding carboxylic acids is 1. The van der Waals surface area contributed by atoms with Crippen LogP contribution in [-0.4, -0.2) is 16.6 Å². The molecule has 1 amide bonds. The number of rotatable bonds is 4. The topological polar surface area (TPSA) is 75.4 Å². The van der Waals surface area contributed by atoms with Crippen LogP contribution >= 0.6 is 15.9 Å². The van der Waals surface area contributed by atoms with Crippen molar-refractivity contribution >= 4 is 27.5 Å². The fourth-order valence-electron chi connectivity index (χ4n) is 1.73. The minimum absolute atomic E-state index is 0.0150. The Morgan fingerprint density at radius 1 is 1.56 bits per heavy atom. The van der Waals surface area contributed by atoms with Gasteiger partial charge in [-0.2, -0.15) is 0 Å². The summed E-state index contributed by atoms with van der Waals surface area (Å²) in [6.07, 6.45) is 1.41. The van der Waals surface area contributed by atoms with E-state index in [1.807, 2.05) is 13.8 Å². The van der Waals surface area contributed by atoms with Crippen LogP contribution in [0.15, 0.2) is 16.6 Å². The molecule has 4 N–H and O–H groups in total. The van der Waals surface area contributed by atoms with Crippen molar-refractivity contribution in [2.75, 3.05) is 5.32 Å². The highest BCUT2D eigenvalue weighted by Crippen LogP contribution is 2.33. The molecule has 0 heterocycles. The van der Waals surface area contributed by atoms with Crippen LogP contribution in [0.25, 0.3) is 0 Å². The highest BCUT2D eigenvalue weighted by molar-refractivity contribution is 9.10. The molecule has 0 saturated heterocycles. The molecule has 0 spiro atoms. The van der Waals surface area contributed by atoms with E-state index in [1.165, 1.54) is 0 Å². The lowest BCUT2D eigenvalue weighted by molar-refractivity contribution is -0.120. The fraction of sp³-hybridized carbons (Fsp3) is 0.462. The number of benzene rings is 1.